The lowest BCUT2D eigenvalue weighted by atomic mass is 10.1. The van der Waals surface area contributed by atoms with Crippen molar-refractivity contribution in [2.45, 2.75) is 6.42 Å². The predicted octanol–water partition coefficient (Wildman–Crippen LogP) is 4.48. The fourth-order valence-electron chi connectivity index (χ4n) is 2.13. The fraction of sp³-hybridized carbons (Fsp3) is 0.235. The molecule has 0 spiro atoms. The summed E-state index contributed by atoms with van der Waals surface area (Å²) in [5.74, 6) is 1.33. The molecule has 0 aliphatic heterocycles. The molecular weight excluding hydrogens is 396 g/mol. The van der Waals surface area contributed by atoms with Gasteiger partial charge in [-0.3, -0.25) is 0 Å². The molecule has 0 fully saturated rings. The van der Waals surface area contributed by atoms with E-state index in [0.29, 0.717) is 29.4 Å². The summed E-state index contributed by atoms with van der Waals surface area (Å²) in [4.78, 5) is 12.0. The molecule has 0 heterocycles. The number of carbonyl (C=O) groups is 1. The first-order valence-electron chi connectivity index (χ1n) is 7.24. The zero-order chi connectivity index (χ0) is 17.5. The molecule has 0 aliphatic carbocycles. The van der Waals surface area contributed by atoms with Crippen LogP contribution in [0.25, 0.3) is 0 Å². The first-order chi connectivity index (χ1) is 11.5. The number of methoxy groups -OCH3 is 2. The van der Waals surface area contributed by atoms with Crippen molar-refractivity contribution in [2.24, 2.45) is 0 Å². The van der Waals surface area contributed by atoms with E-state index < -0.39 is 0 Å². The van der Waals surface area contributed by atoms with Gasteiger partial charge in [-0.2, -0.15) is 0 Å². The Labute approximate surface area is 154 Å². The molecule has 2 rings (SSSR count). The first kappa shape index (κ1) is 18.4. The summed E-state index contributed by atoms with van der Waals surface area (Å²) in [5.41, 5.74) is 1.61. The lowest BCUT2D eigenvalue weighted by Gasteiger charge is -2.12. The van der Waals surface area contributed by atoms with Crippen LogP contribution in [0, 0.1) is 0 Å². The molecule has 0 aromatic heterocycles. The van der Waals surface area contributed by atoms with Gasteiger partial charge in [-0.15, -0.1) is 0 Å². The molecule has 2 N–H and O–H groups in total. The molecule has 5 nitrogen and oxygen atoms in total. The van der Waals surface area contributed by atoms with Gasteiger partial charge >= 0.3 is 6.03 Å². The van der Waals surface area contributed by atoms with Crippen LogP contribution in [0.2, 0.25) is 5.02 Å². The predicted molar refractivity (Wildman–Crippen MR) is 99.4 cm³/mol. The summed E-state index contributed by atoms with van der Waals surface area (Å²) in [6, 6.07) is 10.5. The third-order valence-electron chi connectivity index (χ3n) is 3.33. The zero-order valence-corrected chi connectivity index (χ0v) is 15.7. The highest BCUT2D eigenvalue weighted by Crippen LogP contribution is 2.27. The second kappa shape index (κ2) is 8.80. The molecule has 0 unspecified atom stereocenters. The van der Waals surface area contributed by atoms with Gasteiger partial charge in [0.25, 0.3) is 0 Å². The third kappa shape index (κ3) is 5.04. The Morgan fingerprint density at radius 1 is 1.12 bits per heavy atom. The van der Waals surface area contributed by atoms with Crippen molar-refractivity contribution in [1.82, 2.24) is 5.32 Å². The third-order valence-corrected chi connectivity index (χ3v) is 4.18. The minimum atomic E-state index is -0.317. The van der Waals surface area contributed by atoms with Crippen molar-refractivity contribution in [3.05, 3.63) is 51.5 Å². The molecule has 0 aliphatic rings. The molecular formula is C17H18BrClN2O3. The van der Waals surface area contributed by atoms with Crippen molar-refractivity contribution >= 4 is 39.2 Å². The van der Waals surface area contributed by atoms with Crippen LogP contribution >= 0.6 is 27.5 Å². The van der Waals surface area contributed by atoms with Crippen LogP contribution in [0.5, 0.6) is 11.5 Å². The Bertz CT molecular complexity index is 725. The number of ether oxygens (including phenoxy) is 2. The highest BCUT2D eigenvalue weighted by molar-refractivity contribution is 9.10. The number of amides is 2. The number of nitrogens with one attached hydrogen (secondary N) is 2. The van der Waals surface area contributed by atoms with Crippen LogP contribution in [0.4, 0.5) is 10.5 Å². The van der Waals surface area contributed by atoms with Crippen LogP contribution in [-0.2, 0) is 6.42 Å². The van der Waals surface area contributed by atoms with E-state index in [9.17, 15) is 4.79 Å². The standard InChI is InChI=1S/C17H18BrClN2O3/c1-23-15-5-3-11(9-13(15)18)7-8-20-17(22)21-14-10-12(19)4-6-16(14)24-2/h3-6,9-10H,7-8H2,1-2H3,(H2,20,21,22). The summed E-state index contributed by atoms with van der Waals surface area (Å²) in [6.45, 7) is 0.494. The lowest BCUT2D eigenvalue weighted by Crippen LogP contribution is -2.30. The van der Waals surface area contributed by atoms with Crippen molar-refractivity contribution < 1.29 is 14.3 Å². The number of rotatable bonds is 6. The quantitative estimate of drug-likeness (QED) is 0.734. The van der Waals surface area contributed by atoms with Crippen LogP contribution in [-0.4, -0.2) is 26.8 Å². The van der Waals surface area contributed by atoms with Crippen LogP contribution in [0.1, 0.15) is 5.56 Å². The van der Waals surface area contributed by atoms with Crippen molar-refractivity contribution in [1.29, 1.82) is 0 Å². The molecule has 128 valence electrons. The van der Waals surface area contributed by atoms with Gasteiger partial charge in [0, 0.05) is 11.6 Å². The van der Waals surface area contributed by atoms with Crippen LogP contribution in [0.15, 0.2) is 40.9 Å². The summed E-state index contributed by atoms with van der Waals surface area (Å²) in [7, 11) is 3.16. The van der Waals surface area contributed by atoms with Gasteiger partial charge in [-0.25, -0.2) is 4.79 Å². The number of urea groups is 1. The van der Waals surface area contributed by atoms with E-state index >= 15 is 0 Å². The number of halogens is 2. The van der Waals surface area contributed by atoms with Gasteiger partial charge < -0.3 is 20.1 Å². The van der Waals surface area contributed by atoms with Crippen LogP contribution in [0.3, 0.4) is 0 Å². The van der Waals surface area contributed by atoms with E-state index in [4.69, 9.17) is 21.1 Å². The molecule has 2 amide bonds. The smallest absolute Gasteiger partial charge is 0.319 e. The minimum Gasteiger partial charge on any atom is -0.496 e. The van der Waals surface area contributed by atoms with E-state index in [1.165, 1.54) is 7.11 Å². The summed E-state index contributed by atoms with van der Waals surface area (Å²) in [6.07, 6.45) is 0.697. The fourth-order valence-corrected chi connectivity index (χ4v) is 2.89. The average molecular weight is 414 g/mol. The minimum absolute atomic E-state index is 0.317. The van der Waals surface area contributed by atoms with E-state index in [1.807, 2.05) is 18.2 Å². The molecule has 24 heavy (non-hydrogen) atoms. The number of hydrogen-bond donors (Lipinski definition) is 2. The van der Waals surface area contributed by atoms with Crippen molar-refractivity contribution in [2.75, 3.05) is 26.1 Å². The second-order valence-electron chi connectivity index (χ2n) is 4.94. The number of benzene rings is 2. The lowest BCUT2D eigenvalue weighted by molar-refractivity contribution is 0.252. The maximum atomic E-state index is 12.0. The highest BCUT2D eigenvalue weighted by Gasteiger charge is 2.08. The second-order valence-corrected chi connectivity index (χ2v) is 6.24. The maximum Gasteiger partial charge on any atom is 0.319 e. The Morgan fingerprint density at radius 2 is 1.83 bits per heavy atom. The summed E-state index contributed by atoms with van der Waals surface area (Å²) in [5, 5.41) is 6.06. The molecule has 2 aromatic carbocycles. The van der Waals surface area contributed by atoms with Gasteiger partial charge in [0.2, 0.25) is 0 Å². The number of hydrogen-bond acceptors (Lipinski definition) is 3. The Morgan fingerprint density at radius 3 is 2.50 bits per heavy atom. The summed E-state index contributed by atoms with van der Waals surface area (Å²) < 4.78 is 11.3. The number of carbonyl (C=O) groups excluding carboxylic acids is 1. The van der Waals surface area contributed by atoms with Gasteiger partial charge in [0.1, 0.15) is 11.5 Å². The van der Waals surface area contributed by atoms with Gasteiger partial charge in [-0.1, -0.05) is 17.7 Å². The van der Waals surface area contributed by atoms with Crippen LogP contribution < -0.4 is 20.1 Å². The molecule has 0 radical (unpaired) electrons. The monoisotopic (exact) mass is 412 g/mol. The molecule has 0 atom stereocenters. The van der Waals surface area contributed by atoms with Gasteiger partial charge in [0.15, 0.2) is 0 Å². The zero-order valence-electron chi connectivity index (χ0n) is 13.4. The highest BCUT2D eigenvalue weighted by atomic mass is 79.9. The first-order valence-corrected chi connectivity index (χ1v) is 8.41. The largest absolute Gasteiger partial charge is 0.496 e. The molecule has 0 bridgehead atoms. The topological polar surface area (TPSA) is 59.6 Å². The Hall–Kier alpha value is -1.92. The molecule has 0 saturated carbocycles. The van der Waals surface area contributed by atoms with E-state index in [0.717, 1.165) is 15.8 Å². The van der Waals surface area contributed by atoms with E-state index in [-0.39, 0.29) is 6.03 Å². The summed E-state index contributed by atoms with van der Waals surface area (Å²) >= 11 is 9.38. The number of anilines is 1. The van der Waals surface area contributed by atoms with Gasteiger partial charge in [0.05, 0.1) is 24.4 Å². The molecule has 7 heteroatoms. The Balaban J connectivity index is 1.88. The van der Waals surface area contributed by atoms with Crippen molar-refractivity contribution in [3.8, 4) is 11.5 Å². The Kier molecular flexibility index (Phi) is 6.75. The molecule has 0 saturated heterocycles. The molecule has 2 aromatic rings. The van der Waals surface area contributed by atoms with Crippen molar-refractivity contribution in [3.63, 3.8) is 0 Å². The maximum absolute atomic E-state index is 12.0. The van der Waals surface area contributed by atoms with Gasteiger partial charge in [-0.05, 0) is 58.2 Å². The van der Waals surface area contributed by atoms with E-state index in [1.54, 1.807) is 25.3 Å². The van der Waals surface area contributed by atoms with E-state index in [2.05, 4.69) is 26.6 Å². The SMILES string of the molecule is COc1ccc(CCNC(=O)Nc2cc(Cl)ccc2OC)cc1Br. The normalized spacial score (nSPS) is 10.2. The average Bonchev–Trinajstić information content (AvgIpc) is 2.55.